The van der Waals surface area contributed by atoms with Crippen LogP contribution in [-0.2, 0) is 4.79 Å². The average Bonchev–Trinajstić information content (AvgIpc) is 2.68. The number of hydrogen-bond acceptors (Lipinski definition) is 4. The third-order valence-corrected chi connectivity index (χ3v) is 3.05. The molecule has 1 saturated heterocycles. The van der Waals surface area contributed by atoms with Gasteiger partial charge in [0.05, 0.1) is 12.2 Å². The second-order valence-corrected chi connectivity index (χ2v) is 4.56. The number of carbonyl (C=O) groups is 1. The Labute approximate surface area is 106 Å². The van der Waals surface area contributed by atoms with Gasteiger partial charge in [0.2, 0.25) is 5.91 Å². The number of likely N-dealkylation sites (tertiary alicyclic amines) is 1. The minimum atomic E-state index is -0.692. The highest BCUT2D eigenvalue weighted by atomic mass is 16.3. The van der Waals surface area contributed by atoms with E-state index in [4.69, 9.17) is 0 Å². The van der Waals surface area contributed by atoms with Crippen LogP contribution < -0.4 is 5.32 Å². The summed E-state index contributed by atoms with van der Waals surface area (Å²) in [6.07, 6.45) is -1.03. The average molecular weight is 250 g/mol. The van der Waals surface area contributed by atoms with Crippen LogP contribution in [0.3, 0.4) is 0 Å². The van der Waals surface area contributed by atoms with E-state index in [0.717, 1.165) is 5.69 Å². The molecule has 1 aromatic carbocycles. The minimum Gasteiger partial charge on any atom is -0.389 e. The second kappa shape index (κ2) is 5.95. The van der Waals surface area contributed by atoms with Crippen molar-refractivity contribution >= 4 is 11.6 Å². The van der Waals surface area contributed by atoms with Crippen LogP contribution in [0.4, 0.5) is 5.69 Å². The molecule has 0 saturated carbocycles. The summed E-state index contributed by atoms with van der Waals surface area (Å²) in [7, 11) is 0. The first-order valence-electron chi connectivity index (χ1n) is 6.08. The maximum absolute atomic E-state index is 11.7. The van der Waals surface area contributed by atoms with Crippen LogP contribution in [-0.4, -0.2) is 52.9 Å². The van der Waals surface area contributed by atoms with Crippen molar-refractivity contribution in [1.29, 1.82) is 0 Å². The quantitative estimate of drug-likeness (QED) is 0.706. The predicted molar refractivity (Wildman–Crippen MR) is 68.1 cm³/mol. The Bertz CT molecular complexity index is 386. The first-order chi connectivity index (χ1) is 8.65. The molecular formula is C13H18N2O3. The van der Waals surface area contributed by atoms with Crippen molar-refractivity contribution in [1.82, 2.24) is 4.90 Å². The molecular weight excluding hydrogens is 232 g/mol. The molecule has 2 atom stereocenters. The number of aliphatic hydroxyl groups is 2. The van der Waals surface area contributed by atoms with Crippen LogP contribution in [0.2, 0.25) is 0 Å². The third-order valence-electron chi connectivity index (χ3n) is 3.05. The summed E-state index contributed by atoms with van der Waals surface area (Å²) in [5.41, 5.74) is 0.781. The van der Waals surface area contributed by atoms with Crippen LogP contribution in [0, 0.1) is 0 Å². The number of rotatable bonds is 4. The summed E-state index contributed by atoms with van der Waals surface area (Å²) >= 11 is 0. The molecule has 0 bridgehead atoms. The van der Waals surface area contributed by atoms with Gasteiger partial charge in [-0.05, 0) is 12.1 Å². The first kappa shape index (κ1) is 13.0. The van der Waals surface area contributed by atoms with Gasteiger partial charge in [-0.15, -0.1) is 0 Å². The Morgan fingerprint density at radius 1 is 1.22 bits per heavy atom. The van der Waals surface area contributed by atoms with Crippen LogP contribution in [0.5, 0.6) is 0 Å². The van der Waals surface area contributed by atoms with E-state index < -0.39 is 12.2 Å². The zero-order valence-corrected chi connectivity index (χ0v) is 10.1. The van der Waals surface area contributed by atoms with E-state index in [9.17, 15) is 15.0 Å². The van der Waals surface area contributed by atoms with E-state index in [2.05, 4.69) is 5.32 Å². The molecule has 1 aliphatic rings. The Kier molecular flexibility index (Phi) is 4.30. The maximum Gasteiger partial charge on any atom is 0.225 e. The van der Waals surface area contributed by atoms with Gasteiger partial charge in [-0.2, -0.15) is 0 Å². The van der Waals surface area contributed by atoms with Crippen molar-refractivity contribution in [3.63, 3.8) is 0 Å². The van der Waals surface area contributed by atoms with E-state index in [-0.39, 0.29) is 5.91 Å². The highest BCUT2D eigenvalue weighted by Crippen LogP contribution is 2.11. The zero-order chi connectivity index (χ0) is 13.0. The number of amides is 1. The van der Waals surface area contributed by atoms with Crippen molar-refractivity contribution in [2.45, 2.75) is 18.6 Å². The molecule has 98 valence electrons. The Morgan fingerprint density at radius 2 is 1.83 bits per heavy atom. The fraction of sp³-hybridized carbons (Fsp3) is 0.462. The summed E-state index contributed by atoms with van der Waals surface area (Å²) in [6.45, 7) is 1.41. The lowest BCUT2D eigenvalue weighted by molar-refractivity contribution is -0.116. The second-order valence-electron chi connectivity index (χ2n) is 4.56. The monoisotopic (exact) mass is 250 g/mol. The zero-order valence-electron chi connectivity index (χ0n) is 10.1. The third kappa shape index (κ3) is 3.53. The predicted octanol–water partition coefficient (Wildman–Crippen LogP) is 0.0526. The summed E-state index contributed by atoms with van der Waals surface area (Å²) in [5, 5.41) is 21.6. The highest BCUT2D eigenvalue weighted by molar-refractivity contribution is 5.90. The molecule has 1 fully saturated rings. The first-order valence-corrected chi connectivity index (χ1v) is 6.08. The standard InChI is InChI=1S/C13H18N2O3/c16-11-8-15(9-12(11)17)7-6-13(18)14-10-4-2-1-3-5-10/h1-5,11-12,16-17H,6-9H2,(H,14,18)/t11-,12+. The number of anilines is 1. The van der Waals surface area contributed by atoms with E-state index in [0.29, 0.717) is 26.1 Å². The topological polar surface area (TPSA) is 72.8 Å². The van der Waals surface area contributed by atoms with Crippen molar-refractivity contribution in [2.24, 2.45) is 0 Å². The maximum atomic E-state index is 11.7. The van der Waals surface area contributed by atoms with Gasteiger partial charge in [0, 0.05) is 31.7 Å². The smallest absolute Gasteiger partial charge is 0.225 e. The van der Waals surface area contributed by atoms with Gasteiger partial charge < -0.3 is 15.5 Å². The normalized spacial score (nSPS) is 24.1. The molecule has 1 aliphatic heterocycles. The van der Waals surface area contributed by atoms with Crippen molar-refractivity contribution in [3.05, 3.63) is 30.3 Å². The number of nitrogens with one attached hydrogen (secondary N) is 1. The highest BCUT2D eigenvalue weighted by Gasteiger charge is 2.29. The van der Waals surface area contributed by atoms with E-state index >= 15 is 0 Å². The molecule has 5 nitrogen and oxygen atoms in total. The summed E-state index contributed by atoms with van der Waals surface area (Å²) in [4.78, 5) is 13.6. The summed E-state index contributed by atoms with van der Waals surface area (Å²) in [6, 6.07) is 9.29. The summed E-state index contributed by atoms with van der Waals surface area (Å²) < 4.78 is 0. The van der Waals surface area contributed by atoms with Crippen LogP contribution in [0.1, 0.15) is 6.42 Å². The van der Waals surface area contributed by atoms with Gasteiger partial charge in [-0.25, -0.2) is 0 Å². The molecule has 2 rings (SSSR count). The lowest BCUT2D eigenvalue weighted by Gasteiger charge is -2.14. The molecule has 5 heteroatoms. The Balaban J connectivity index is 1.73. The molecule has 1 aromatic rings. The lowest BCUT2D eigenvalue weighted by atomic mass is 10.3. The van der Waals surface area contributed by atoms with E-state index in [1.165, 1.54) is 0 Å². The molecule has 1 heterocycles. The molecule has 3 N–H and O–H groups in total. The van der Waals surface area contributed by atoms with Crippen molar-refractivity contribution in [2.75, 3.05) is 25.0 Å². The number of benzene rings is 1. The molecule has 0 radical (unpaired) electrons. The molecule has 0 spiro atoms. The molecule has 18 heavy (non-hydrogen) atoms. The lowest BCUT2D eigenvalue weighted by Crippen LogP contribution is -2.26. The number of hydrogen-bond donors (Lipinski definition) is 3. The largest absolute Gasteiger partial charge is 0.389 e. The van der Waals surface area contributed by atoms with E-state index in [1.807, 2.05) is 35.2 Å². The van der Waals surface area contributed by atoms with Gasteiger partial charge >= 0.3 is 0 Å². The SMILES string of the molecule is O=C(CCN1C[C@@H](O)[C@@H](O)C1)Nc1ccccc1. The van der Waals surface area contributed by atoms with Crippen LogP contribution >= 0.6 is 0 Å². The van der Waals surface area contributed by atoms with Gasteiger partial charge in [0.1, 0.15) is 0 Å². The number of para-hydroxylation sites is 1. The fourth-order valence-corrected chi connectivity index (χ4v) is 2.03. The number of carbonyl (C=O) groups excluding carboxylic acids is 1. The summed E-state index contributed by atoms with van der Waals surface area (Å²) in [5.74, 6) is -0.0583. The molecule has 0 unspecified atom stereocenters. The van der Waals surface area contributed by atoms with E-state index in [1.54, 1.807) is 0 Å². The van der Waals surface area contributed by atoms with Gasteiger partial charge in [0.15, 0.2) is 0 Å². The van der Waals surface area contributed by atoms with Crippen LogP contribution in [0.15, 0.2) is 30.3 Å². The van der Waals surface area contributed by atoms with Crippen molar-refractivity contribution < 1.29 is 15.0 Å². The number of β-amino-alcohol motifs (C(OH)–C–C–N with tert-alkyl or cyclic N) is 2. The number of aliphatic hydroxyl groups excluding tert-OH is 2. The minimum absolute atomic E-state index is 0.0583. The Morgan fingerprint density at radius 3 is 2.44 bits per heavy atom. The van der Waals surface area contributed by atoms with Crippen LogP contribution in [0.25, 0.3) is 0 Å². The van der Waals surface area contributed by atoms with Gasteiger partial charge in [-0.1, -0.05) is 18.2 Å². The van der Waals surface area contributed by atoms with Gasteiger partial charge in [0.25, 0.3) is 0 Å². The molecule has 0 aromatic heterocycles. The Hall–Kier alpha value is -1.43. The molecule has 0 aliphatic carbocycles. The number of nitrogens with zero attached hydrogens (tertiary/aromatic N) is 1. The molecule has 1 amide bonds. The van der Waals surface area contributed by atoms with Crippen molar-refractivity contribution in [3.8, 4) is 0 Å². The van der Waals surface area contributed by atoms with Gasteiger partial charge in [-0.3, -0.25) is 9.69 Å². The fourth-order valence-electron chi connectivity index (χ4n) is 2.03.